The summed E-state index contributed by atoms with van der Waals surface area (Å²) in [4.78, 5) is 0. The van der Waals surface area contributed by atoms with Crippen LogP contribution in [0.1, 0.15) is 20.8 Å². The van der Waals surface area contributed by atoms with Crippen LogP contribution in [0.4, 0.5) is 0 Å². The zero-order chi connectivity index (χ0) is 8.65. The van der Waals surface area contributed by atoms with Crippen molar-refractivity contribution >= 4 is 22.6 Å². The molecule has 0 spiro atoms. The van der Waals surface area contributed by atoms with Crippen molar-refractivity contribution < 1.29 is 4.74 Å². The van der Waals surface area contributed by atoms with E-state index in [0.29, 0.717) is 0 Å². The lowest BCUT2D eigenvalue weighted by atomic mass is 9.81. The molecule has 0 radical (unpaired) electrons. The van der Waals surface area contributed by atoms with Gasteiger partial charge in [0.1, 0.15) is 11.9 Å². The van der Waals surface area contributed by atoms with Gasteiger partial charge in [-0.15, -0.1) is 0 Å². The van der Waals surface area contributed by atoms with Crippen molar-refractivity contribution in [3.05, 3.63) is 22.0 Å². The van der Waals surface area contributed by atoms with Crippen LogP contribution in [0.3, 0.4) is 0 Å². The molecule has 0 aliphatic carbocycles. The maximum absolute atomic E-state index is 5.44. The molecular formula is C9H13IO. The van der Waals surface area contributed by atoms with Crippen molar-refractivity contribution in [2.45, 2.75) is 26.9 Å². The lowest BCUT2D eigenvalue weighted by Gasteiger charge is -2.41. The maximum Gasteiger partial charge on any atom is 0.132 e. The summed E-state index contributed by atoms with van der Waals surface area (Å²) in [7, 11) is 0. The van der Waals surface area contributed by atoms with Crippen molar-refractivity contribution in [3.63, 3.8) is 0 Å². The average molecular weight is 264 g/mol. The van der Waals surface area contributed by atoms with Crippen LogP contribution >= 0.6 is 22.6 Å². The van der Waals surface area contributed by atoms with Gasteiger partial charge in [0.2, 0.25) is 0 Å². The van der Waals surface area contributed by atoms with Crippen molar-refractivity contribution in [3.8, 4) is 0 Å². The molecule has 1 atom stereocenters. The molecule has 1 nitrogen and oxygen atoms in total. The Morgan fingerprint density at radius 3 is 2.27 bits per heavy atom. The normalized spacial score (nSPS) is 28.2. The SMILES string of the molecule is C=C1OC(C(C)(C)C)/C1=C\I. The van der Waals surface area contributed by atoms with Crippen LogP contribution in [0, 0.1) is 5.41 Å². The highest BCUT2D eigenvalue weighted by molar-refractivity contribution is 14.1. The molecule has 1 aliphatic rings. The molecule has 2 heteroatoms. The van der Waals surface area contributed by atoms with Crippen LogP contribution in [0.2, 0.25) is 0 Å². The van der Waals surface area contributed by atoms with Gasteiger partial charge in [0.15, 0.2) is 0 Å². The Hall–Kier alpha value is 0.01000. The van der Waals surface area contributed by atoms with Crippen LogP contribution in [0.25, 0.3) is 0 Å². The van der Waals surface area contributed by atoms with Gasteiger partial charge in [-0.1, -0.05) is 49.9 Å². The van der Waals surface area contributed by atoms with E-state index in [1.165, 1.54) is 5.57 Å². The Kier molecular flexibility index (Phi) is 2.32. The summed E-state index contributed by atoms with van der Waals surface area (Å²) in [5.41, 5.74) is 1.44. The van der Waals surface area contributed by atoms with E-state index in [-0.39, 0.29) is 11.5 Å². The van der Waals surface area contributed by atoms with Crippen LogP contribution in [-0.2, 0) is 4.74 Å². The average Bonchev–Trinajstić information content (AvgIpc) is 1.81. The highest BCUT2D eigenvalue weighted by Crippen LogP contribution is 2.41. The van der Waals surface area contributed by atoms with E-state index in [1.807, 2.05) is 0 Å². The number of halogens is 1. The Bertz CT molecular complexity index is 210. The first-order valence-corrected chi connectivity index (χ1v) is 4.87. The van der Waals surface area contributed by atoms with Crippen molar-refractivity contribution in [1.82, 2.24) is 0 Å². The van der Waals surface area contributed by atoms with Gasteiger partial charge in [-0.2, -0.15) is 0 Å². The number of rotatable bonds is 0. The highest BCUT2D eigenvalue weighted by Gasteiger charge is 2.39. The number of hydrogen-bond donors (Lipinski definition) is 0. The summed E-state index contributed by atoms with van der Waals surface area (Å²) >= 11 is 2.23. The second kappa shape index (κ2) is 2.81. The summed E-state index contributed by atoms with van der Waals surface area (Å²) < 4.78 is 7.49. The number of ether oxygens (including phenoxy) is 1. The van der Waals surface area contributed by atoms with Gasteiger partial charge < -0.3 is 4.74 Å². The lowest BCUT2D eigenvalue weighted by Crippen LogP contribution is -2.39. The van der Waals surface area contributed by atoms with Crippen molar-refractivity contribution in [2.75, 3.05) is 0 Å². The lowest BCUT2D eigenvalue weighted by molar-refractivity contribution is 0.00370. The molecule has 0 saturated carbocycles. The zero-order valence-corrected chi connectivity index (χ0v) is 9.31. The minimum absolute atomic E-state index is 0.193. The molecular weight excluding hydrogens is 251 g/mol. The largest absolute Gasteiger partial charge is 0.485 e. The molecule has 1 unspecified atom stereocenters. The smallest absolute Gasteiger partial charge is 0.132 e. The van der Waals surface area contributed by atoms with Gasteiger partial charge in [-0.05, 0) is 4.08 Å². The molecule has 1 aliphatic heterocycles. The summed E-state index contributed by atoms with van der Waals surface area (Å²) in [6.45, 7) is 10.3. The third-order valence-corrected chi connectivity index (χ3v) is 2.44. The fourth-order valence-electron chi connectivity index (χ4n) is 1.12. The summed E-state index contributed by atoms with van der Waals surface area (Å²) in [6.07, 6.45) is 0.242. The molecule has 0 aromatic rings. The Labute approximate surface area is 81.6 Å². The van der Waals surface area contributed by atoms with Gasteiger partial charge in [0.25, 0.3) is 0 Å². The molecule has 0 aromatic heterocycles. The minimum atomic E-state index is 0.193. The predicted octanol–water partition coefficient (Wildman–Crippen LogP) is 3.26. The van der Waals surface area contributed by atoms with Crippen LogP contribution in [0.5, 0.6) is 0 Å². The van der Waals surface area contributed by atoms with E-state index in [1.54, 1.807) is 0 Å². The predicted molar refractivity (Wildman–Crippen MR) is 55.6 cm³/mol. The second-order valence-corrected chi connectivity index (χ2v) is 4.47. The summed E-state index contributed by atoms with van der Waals surface area (Å²) in [5, 5.41) is 0. The third-order valence-electron chi connectivity index (χ3n) is 1.77. The molecule has 62 valence electrons. The van der Waals surface area contributed by atoms with E-state index in [4.69, 9.17) is 4.74 Å². The highest BCUT2D eigenvalue weighted by atomic mass is 127. The first-order chi connectivity index (χ1) is 4.96. The standard InChI is InChI=1S/C9H13IO/c1-6-7(5-10)8(11-6)9(2,3)4/h5,8H,1H2,2-4H3/b7-5-. The first kappa shape index (κ1) is 9.10. The zero-order valence-electron chi connectivity index (χ0n) is 7.15. The van der Waals surface area contributed by atoms with Crippen molar-refractivity contribution in [1.29, 1.82) is 0 Å². The van der Waals surface area contributed by atoms with E-state index >= 15 is 0 Å². The van der Waals surface area contributed by atoms with Gasteiger partial charge in [0.05, 0.1) is 0 Å². The summed E-state index contributed by atoms with van der Waals surface area (Å²) in [6, 6.07) is 0. The van der Waals surface area contributed by atoms with E-state index in [0.717, 1.165) is 5.76 Å². The Balaban J connectivity index is 2.74. The topological polar surface area (TPSA) is 9.23 Å². The van der Waals surface area contributed by atoms with Gasteiger partial charge in [0, 0.05) is 11.0 Å². The molecule has 1 saturated heterocycles. The second-order valence-electron chi connectivity index (χ2n) is 3.85. The van der Waals surface area contributed by atoms with E-state index in [9.17, 15) is 0 Å². The Morgan fingerprint density at radius 1 is 1.55 bits per heavy atom. The minimum Gasteiger partial charge on any atom is -0.485 e. The van der Waals surface area contributed by atoms with Crippen molar-refractivity contribution in [2.24, 2.45) is 5.41 Å². The van der Waals surface area contributed by atoms with Gasteiger partial charge in [-0.25, -0.2) is 0 Å². The van der Waals surface area contributed by atoms with Gasteiger partial charge in [-0.3, -0.25) is 0 Å². The molecule has 0 N–H and O–H groups in total. The van der Waals surface area contributed by atoms with E-state index in [2.05, 4.69) is 54.0 Å². The Morgan fingerprint density at radius 2 is 2.09 bits per heavy atom. The monoisotopic (exact) mass is 264 g/mol. The van der Waals surface area contributed by atoms with Crippen LogP contribution in [0.15, 0.2) is 22.0 Å². The molecule has 1 heterocycles. The summed E-state index contributed by atoms with van der Waals surface area (Å²) in [5.74, 6) is 0.833. The molecule has 0 bridgehead atoms. The van der Waals surface area contributed by atoms with Gasteiger partial charge >= 0.3 is 0 Å². The van der Waals surface area contributed by atoms with E-state index < -0.39 is 0 Å². The number of hydrogen-bond acceptors (Lipinski definition) is 1. The maximum atomic E-state index is 5.44. The third kappa shape index (κ3) is 1.60. The molecule has 1 fully saturated rings. The molecule has 0 amide bonds. The molecule has 0 aromatic carbocycles. The first-order valence-electron chi connectivity index (χ1n) is 3.63. The molecule has 1 rings (SSSR count). The van der Waals surface area contributed by atoms with Crippen LogP contribution < -0.4 is 0 Å². The fourth-order valence-corrected chi connectivity index (χ4v) is 1.80. The molecule has 11 heavy (non-hydrogen) atoms. The fraction of sp³-hybridized carbons (Fsp3) is 0.556. The van der Waals surface area contributed by atoms with Crippen LogP contribution in [-0.4, -0.2) is 6.10 Å². The quantitative estimate of drug-likeness (QED) is 0.610.